The molecule has 0 unspecified atom stereocenters. The number of hydrogen-bond acceptors (Lipinski definition) is 9. The molecule has 4 aromatic carbocycles. The van der Waals surface area contributed by atoms with E-state index in [1.807, 2.05) is 0 Å². The van der Waals surface area contributed by atoms with Gasteiger partial charge in [-0.3, -0.25) is 0 Å². The zero-order valence-corrected chi connectivity index (χ0v) is 23.0. The van der Waals surface area contributed by atoms with Crippen LogP contribution in [0.1, 0.15) is 41.4 Å². The average molecular weight is 627 g/mol. The lowest BCUT2D eigenvalue weighted by Crippen LogP contribution is -2.11. The summed E-state index contributed by atoms with van der Waals surface area (Å²) in [6, 6.07) is 14.8. The monoisotopic (exact) mass is 626 g/mol. The molecule has 0 aliphatic carbocycles. The van der Waals surface area contributed by atoms with Gasteiger partial charge < -0.3 is 25.2 Å². The van der Waals surface area contributed by atoms with E-state index in [-0.39, 0.29) is 21.3 Å². The lowest BCUT2D eigenvalue weighted by atomic mass is 10.1. The van der Waals surface area contributed by atoms with Crippen molar-refractivity contribution in [3.63, 3.8) is 0 Å². The van der Waals surface area contributed by atoms with Crippen LogP contribution >= 0.6 is 0 Å². The number of benzene rings is 4. The summed E-state index contributed by atoms with van der Waals surface area (Å²) in [7, 11) is -8.77. The van der Waals surface area contributed by atoms with Gasteiger partial charge in [-0.2, -0.15) is 0 Å². The van der Waals surface area contributed by atoms with Crippen LogP contribution in [-0.4, -0.2) is 61.1 Å². The summed E-state index contributed by atoms with van der Waals surface area (Å²) < 4.78 is 58.0. The molecule has 0 heterocycles. The number of rotatable bonds is 10. The highest BCUT2D eigenvalue weighted by atomic mass is 32.2. The fourth-order valence-electron chi connectivity index (χ4n) is 3.89. The van der Waals surface area contributed by atoms with Crippen LogP contribution in [0, 0.1) is 0 Å². The summed E-state index contributed by atoms with van der Waals surface area (Å²) in [5, 5.41) is 37.0. The van der Waals surface area contributed by atoms with Crippen LogP contribution in [-0.2, 0) is 19.7 Å². The predicted molar refractivity (Wildman–Crippen MR) is 145 cm³/mol. The van der Waals surface area contributed by atoms with E-state index in [1.54, 1.807) is 0 Å². The van der Waals surface area contributed by atoms with Gasteiger partial charge in [-0.25, -0.2) is 36.0 Å². The van der Waals surface area contributed by atoms with Crippen molar-refractivity contribution in [1.29, 1.82) is 0 Å². The third kappa shape index (κ3) is 6.07. The van der Waals surface area contributed by atoms with Crippen LogP contribution in [0.2, 0.25) is 0 Å². The maximum Gasteiger partial charge on any atom is 0.337 e. The van der Waals surface area contributed by atoms with Crippen molar-refractivity contribution in [2.24, 2.45) is 0 Å². The minimum absolute atomic E-state index is 0.117. The number of ether oxygens (including phenoxy) is 1. The SMILES string of the molecule is O=C(O)c1ccc(S(=O)(=O)c2ccc(Oc3ccc(S(=O)(=O)c4ccc(C(=O)O)cc4C(=O)O)cc3)cc2)c(C(=O)O)c1. The zero-order valence-electron chi connectivity index (χ0n) is 21.4. The Morgan fingerprint density at radius 3 is 1.07 bits per heavy atom. The maximum atomic E-state index is 13.1. The molecule has 43 heavy (non-hydrogen) atoms. The molecule has 0 saturated carbocycles. The van der Waals surface area contributed by atoms with Gasteiger partial charge in [0.1, 0.15) is 11.5 Å². The molecule has 0 bridgehead atoms. The lowest BCUT2D eigenvalue weighted by molar-refractivity contribution is 0.0673. The molecular weight excluding hydrogens is 608 g/mol. The number of sulfone groups is 2. The van der Waals surface area contributed by atoms with Gasteiger partial charge in [0.15, 0.2) is 0 Å². The van der Waals surface area contributed by atoms with E-state index in [9.17, 15) is 46.2 Å². The van der Waals surface area contributed by atoms with Crippen molar-refractivity contribution >= 4 is 43.6 Å². The first-order valence-corrected chi connectivity index (χ1v) is 14.7. The Morgan fingerprint density at radius 1 is 0.465 bits per heavy atom. The molecule has 15 heteroatoms. The Kier molecular flexibility index (Phi) is 8.05. The smallest absolute Gasteiger partial charge is 0.337 e. The molecule has 0 aromatic heterocycles. The van der Waals surface area contributed by atoms with Crippen molar-refractivity contribution in [1.82, 2.24) is 0 Å². The summed E-state index contributed by atoms with van der Waals surface area (Å²) in [6.45, 7) is 0. The summed E-state index contributed by atoms with van der Waals surface area (Å²) in [6.07, 6.45) is 0. The van der Waals surface area contributed by atoms with Crippen molar-refractivity contribution in [3.05, 3.63) is 107 Å². The van der Waals surface area contributed by atoms with E-state index in [0.29, 0.717) is 0 Å². The van der Waals surface area contributed by atoms with Gasteiger partial charge in [0.05, 0.1) is 41.8 Å². The predicted octanol–water partition coefficient (Wildman–Crippen LogP) is 3.94. The van der Waals surface area contributed by atoms with Gasteiger partial charge in [0, 0.05) is 0 Å². The molecule has 0 amide bonds. The molecule has 220 valence electrons. The second kappa shape index (κ2) is 11.4. The Bertz CT molecular complexity index is 1870. The largest absolute Gasteiger partial charge is 0.478 e. The molecule has 4 N–H and O–H groups in total. The first-order valence-electron chi connectivity index (χ1n) is 11.7. The van der Waals surface area contributed by atoms with Crippen LogP contribution < -0.4 is 4.74 Å². The summed E-state index contributed by atoms with van der Waals surface area (Å²) in [4.78, 5) is 43.7. The number of carboxylic acid groups (broad SMARTS) is 4. The van der Waals surface area contributed by atoms with E-state index in [1.165, 1.54) is 24.3 Å². The van der Waals surface area contributed by atoms with Gasteiger partial charge in [-0.15, -0.1) is 0 Å². The normalized spacial score (nSPS) is 11.4. The second-order valence-electron chi connectivity index (χ2n) is 8.69. The lowest BCUT2D eigenvalue weighted by Gasteiger charge is -2.11. The first kappa shape index (κ1) is 30.4. The molecule has 0 radical (unpaired) electrons. The first-order chi connectivity index (χ1) is 20.1. The highest BCUT2D eigenvalue weighted by Crippen LogP contribution is 2.31. The topological polar surface area (TPSA) is 227 Å². The Balaban J connectivity index is 1.58. The van der Waals surface area contributed by atoms with Crippen molar-refractivity contribution in [3.8, 4) is 11.5 Å². The molecule has 0 saturated heterocycles. The van der Waals surface area contributed by atoms with Gasteiger partial charge in [0.2, 0.25) is 19.7 Å². The van der Waals surface area contributed by atoms with Gasteiger partial charge in [-0.05, 0) is 84.9 Å². The Hall–Kier alpha value is -5.54. The molecule has 13 nitrogen and oxygen atoms in total. The van der Waals surface area contributed by atoms with Crippen LogP contribution in [0.15, 0.2) is 105 Å². The molecule has 0 fully saturated rings. The van der Waals surface area contributed by atoms with E-state index < -0.39 is 75.6 Å². The second-order valence-corrected chi connectivity index (χ2v) is 12.5. The molecule has 4 aromatic rings. The highest BCUT2D eigenvalue weighted by molar-refractivity contribution is 7.92. The van der Waals surface area contributed by atoms with E-state index >= 15 is 0 Å². The van der Waals surface area contributed by atoms with Crippen molar-refractivity contribution in [2.75, 3.05) is 0 Å². The average Bonchev–Trinajstić information content (AvgIpc) is 2.97. The molecule has 4 rings (SSSR count). The van der Waals surface area contributed by atoms with Crippen molar-refractivity contribution in [2.45, 2.75) is 19.6 Å². The van der Waals surface area contributed by atoms with Gasteiger partial charge in [0.25, 0.3) is 0 Å². The standard InChI is InChI=1S/C28H18O13S2/c29-25(30)15-1-11-23(21(13-15)27(33)34)42(37,38)19-7-3-17(4-8-19)41-18-5-9-20(10-6-18)43(39,40)24-12-2-16(26(31)32)14-22(24)28(35)36/h1-14H,(H,29,30)(H,31,32)(H,33,34)(H,35,36). The Morgan fingerprint density at radius 2 is 0.791 bits per heavy atom. The maximum absolute atomic E-state index is 13.1. The quantitative estimate of drug-likeness (QED) is 0.196. The minimum Gasteiger partial charge on any atom is -0.478 e. The molecule has 0 aliphatic rings. The fourth-order valence-corrected chi connectivity index (χ4v) is 6.76. The van der Waals surface area contributed by atoms with Gasteiger partial charge >= 0.3 is 23.9 Å². The number of carbonyl (C=O) groups is 4. The number of hydrogen-bond donors (Lipinski definition) is 4. The van der Waals surface area contributed by atoms with Gasteiger partial charge in [-0.1, -0.05) is 0 Å². The molecular formula is C28H18O13S2. The zero-order chi connectivity index (χ0) is 31.7. The summed E-state index contributed by atoms with van der Waals surface area (Å²) >= 11 is 0. The highest BCUT2D eigenvalue weighted by Gasteiger charge is 2.27. The van der Waals surface area contributed by atoms with E-state index in [2.05, 4.69) is 0 Å². The molecule has 0 atom stereocenters. The van der Waals surface area contributed by atoms with Crippen LogP contribution in [0.3, 0.4) is 0 Å². The number of carboxylic acids is 4. The van der Waals surface area contributed by atoms with Crippen LogP contribution in [0.5, 0.6) is 11.5 Å². The summed E-state index contributed by atoms with van der Waals surface area (Å²) in [5.41, 5.74) is -2.25. The van der Waals surface area contributed by atoms with Crippen molar-refractivity contribution < 1.29 is 61.2 Å². The van der Waals surface area contributed by atoms with Crippen LogP contribution in [0.25, 0.3) is 0 Å². The molecule has 0 spiro atoms. The van der Waals surface area contributed by atoms with E-state index in [4.69, 9.17) is 14.9 Å². The van der Waals surface area contributed by atoms with Crippen LogP contribution in [0.4, 0.5) is 0 Å². The molecule has 0 aliphatic heterocycles. The van der Waals surface area contributed by atoms with E-state index in [0.717, 1.165) is 60.7 Å². The third-order valence-corrected chi connectivity index (χ3v) is 9.65. The Labute approximate surface area is 242 Å². The fraction of sp³-hybridized carbons (Fsp3) is 0. The third-order valence-electron chi connectivity index (χ3n) is 6.00. The number of aromatic carboxylic acids is 4. The minimum atomic E-state index is -4.38. The summed E-state index contributed by atoms with van der Waals surface area (Å²) in [5.74, 6) is -5.90.